The molecule has 0 aliphatic carbocycles. The Bertz CT molecular complexity index is 342. The highest BCUT2D eigenvalue weighted by molar-refractivity contribution is 7.98. The topological polar surface area (TPSA) is 64.7 Å². The molecule has 0 fully saturated rings. The van der Waals surface area contributed by atoms with E-state index in [1.54, 1.807) is 23.5 Å². The summed E-state index contributed by atoms with van der Waals surface area (Å²) in [5.74, 6) is 1.79. The number of amides is 2. The fourth-order valence-electron chi connectivity index (χ4n) is 2.14. The molecule has 0 heterocycles. The fraction of sp³-hybridized carbons (Fsp3) is 0.875. The highest BCUT2D eigenvalue weighted by Crippen LogP contribution is 1.96. The van der Waals surface area contributed by atoms with Gasteiger partial charge in [0.25, 0.3) is 0 Å². The lowest BCUT2D eigenvalue weighted by Gasteiger charge is -2.22. The lowest BCUT2D eigenvalue weighted by atomic mass is 10.4. The zero-order valence-corrected chi connectivity index (χ0v) is 17.2. The van der Waals surface area contributed by atoms with E-state index in [1.807, 2.05) is 17.4 Å². The predicted octanol–water partition coefficient (Wildman–Crippen LogP) is 0.589. The summed E-state index contributed by atoms with van der Waals surface area (Å²) in [5, 5.41) is 5.84. The second kappa shape index (κ2) is 16.1. The van der Waals surface area contributed by atoms with Crippen LogP contribution in [0, 0.1) is 0 Å². The summed E-state index contributed by atoms with van der Waals surface area (Å²) >= 11 is 3.42. The number of nitrogens with zero attached hydrogens (tertiary/aromatic N) is 2. The molecule has 0 aliphatic heterocycles. The van der Waals surface area contributed by atoms with Gasteiger partial charge in [0.2, 0.25) is 11.8 Å². The quantitative estimate of drug-likeness (QED) is 0.407. The smallest absolute Gasteiger partial charge is 0.234 e. The lowest BCUT2D eigenvalue weighted by molar-refractivity contribution is -0.125. The summed E-state index contributed by atoms with van der Waals surface area (Å²) < 4.78 is 0. The van der Waals surface area contributed by atoms with Crippen LogP contribution in [0.3, 0.4) is 0 Å². The normalized spacial score (nSPS) is 11.1. The molecule has 0 saturated heterocycles. The molecule has 0 unspecified atom stereocenters. The average molecular weight is 379 g/mol. The zero-order valence-electron chi connectivity index (χ0n) is 15.6. The molecule has 6 nitrogen and oxygen atoms in total. The molecule has 0 saturated carbocycles. The Kier molecular flexibility index (Phi) is 15.8. The summed E-state index contributed by atoms with van der Waals surface area (Å²) in [6.45, 7) is 9.68. The first-order chi connectivity index (χ1) is 11.6. The molecule has 8 heteroatoms. The first-order valence-electron chi connectivity index (χ1n) is 8.53. The Morgan fingerprint density at radius 3 is 1.83 bits per heavy atom. The Hall–Kier alpha value is -0.440. The summed E-state index contributed by atoms with van der Waals surface area (Å²) in [5.41, 5.74) is 0. The van der Waals surface area contributed by atoms with Crippen molar-refractivity contribution >= 4 is 35.3 Å². The van der Waals surface area contributed by atoms with E-state index in [1.165, 1.54) is 0 Å². The van der Waals surface area contributed by atoms with E-state index in [4.69, 9.17) is 0 Å². The van der Waals surface area contributed by atoms with E-state index in [-0.39, 0.29) is 24.9 Å². The molecule has 0 atom stereocenters. The number of rotatable bonds is 15. The molecule has 24 heavy (non-hydrogen) atoms. The molecule has 2 amide bonds. The molecule has 0 aromatic heterocycles. The van der Waals surface area contributed by atoms with Gasteiger partial charge in [-0.05, 0) is 25.6 Å². The highest BCUT2D eigenvalue weighted by atomic mass is 32.2. The van der Waals surface area contributed by atoms with Crippen LogP contribution in [-0.2, 0) is 9.59 Å². The molecule has 0 rings (SSSR count). The van der Waals surface area contributed by atoms with E-state index >= 15 is 0 Å². The third-order valence-corrected chi connectivity index (χ3v) is 4.82. The zero-order chi connectivity index (χ0) is 18.2. The van der Waals surface area contributed by atoms with Crippen molar-refractivity contribution < 1.29 is 9.59 Å². The summed E-state index contributed by atoms with van der Waals surface area (Å²) in [6, 6.07) is 0. The predicted molar refractivity (Wildman–Crippen MR) is 107 cm³/mol. The van der Waals surface area contributed by atoms with Gasteiger partial charge in [0.15, 0.2) is 0 Å². The Labute approximate surface area is 155 Å². The van der Waals surface area contributed by atoms with Crippen molar-refractivity contribution in [2.75, 3.05) is 76.4 Å². The van der Waals surface area contributed by atoms with Gasteiger partial charge in [-0.15, -0.1) is 0 Å². The van der Waals surface area contributed by atoms with Gasteiger partial charge in [-0.25, -0.2) is 0 Å². The van der Waals surface area contributed by atoms with Crippen LogP contribution in [0.1, 0.15) is 13.8 Å². The maximum atomic E-state index is 12.1. The summed E-state index contributed by atoms with van der Waals surface area (Å²) in [7, 11) is 0. The fourth-order valence-corrected chi connectivity index (χ4v) is 2.89. The van der Waals surface area contributed by atoms with Crippen molar-refractivity contribution in [1.29, 1.82) is 0 Å². The molecular formula is C16H34N4O2S2. The van der Waals surface area contributed by atoms with Crippen LogP contribution in [-0.4, -0.2) is 98.0 Å². The third kappa shape index (κ3) is 12.9. The van der Waals surface area contributed by atoms with Crippen molar-refractivity contribution in [2.45, 2.75) is 13.8 Å². The first kappa shape index (κ1) is 23.6. The van der Waals surface area contributed by atoms with Crippen LogP contribution >= 0.6 is 23.5 Å². The van der Waals surface area contributed by atoms with Crippen molar-refractivity contribution in [1.82, 2.24) is 20.4 Å². The molecule has 0 bridgehead atoms. The van der Waals surface area contributed by atoms with Gasteiger partial charge in [0.05, 0.1) is 13.1 Å². The minimum absolute atomic E-state index is 0.0129. The van der Waals surface area contributed by atoms with Gasteiger partial charge in [-0.2, -0.15) is 23.5 Å². The van der Waals surface area contributed by atoms with E-state index in [2.05, 4.69) is 29.4 Å². The van der Waals surface area contributed by atoms with Gasteiger partial charge in [-0.1, -0.05) is 13.8 Å². The van der Waals surface area contributed by atoms with Crippen molar-refractivity contribution in [3.8, 4) is 0 Å². The Morgan fingerprint density at radius 1 is 0.792 bits per heavy atom. The maximum absolute atomic E-state index is 12.1. The molecule has 0 radical (unpaired) electrons. The van der Waals surface area contributed by atoms with Crippen molar-refractivity contribution in [3.05, 3.63) is 0 Å². The van der Waals surface area contributed by atoms with Crippen LogP contribution in [0.25, 0.3) is 0 Å². The molecular weight excluding hydrogens is 344 g/mol. The molecule has 2 N–H and O–H groups in total. The van der Waals surface area contributed by atoms with Crippen molar-refractivity contribution in [3.63, 3.8) is 0 Å². The van der Waals surface area contributed by atoms with Gasteiger partial charge >= 0.3 is 0 Å². The SMILES string of the molecule is CCN(CC)CCNC(=O)CN(CCSC)CC(=O)NCCSC. The van der Waals surface area contributed by atoms with E-state index in [9.17, 15) is 9.59 Å². The molecule has 0 aliphatic rings. The number of thioether (sulfide) groups is 2. The van der Waals surface area contributed by atoms with Gasteiger partial charge in [-0.3, -0.25) is 14.5 Å². The van der Waals surface area contributed by atoms with E-state index < -0.39 is 0 Å². The third-order valence-electron chi connectivity index (χ3n) is 3.62. The van der Waals surface area contributed by atoms with Gasteiger partial charge in [0, 0.05) is 37.7 Å². The molecule has 0 aromatic rings. The largest absolute Gasteiger partial charge is 0.354 e. The van der Waals surface area contributed by atoms with Gasteiger partial charge in [0.1, 0.15) is 0 Å². The molecule has 0 spiro atoms. The minimum atomic E-state index is -0.0137. The van der Waals surface area contributed by atoms with E-state index in [0.717, 1.165) is 37.7 Å². The first-order valence-corrected chi connectivity index (χ1v) is 11.3. The van der Waals surface area contributed by atoms with Crippen LogP contribution in [0.2, 0.25) is 0 Å². The highest BCUT2D eigenvalue weighted by Gasteiger charge is 2.14. The standard InChI is InChI=1S/C16H34N4O2S2/c1-5-19(6-2)9-7-17-15(21)13-20(10-12-24-4)14-16(22)18-8-11-23-3/h5-14H2,1-4H3,(H,17,21)(H,18,22). The lowest BCUT2D eigenvalue weighted by Crippen LogP contribution is -2.45. The van der Waals surface area contributed by atoms with Crippen LogP contribution in [0.15, 0.2) is 0 Å². The molecule has 0 aromatic carbocycles. The van der Waals surface area contributed by atoms with Crippen LogP contribution in [0.5, 0.6) is 0 Å². The maximum Gasteiger partial charge on any atom is 0.234 e. The Balaban J connectivity index is 4.19. The number of nitrogens with one attached hydrogen (secondary N) is 2. The number of hydrogen-bond acceptors (Lipinski definition) is 6. The minimum Gasteiger partial charge on any atom is -0.354 e. The van der Waals surface area contributed by atoms with Crippen LogP contribution in [0.4, 0.5) is 0 Å². The second-order valence-electron chi connectivity index (χ2n) is 5.42. The van der Waals surface area contributed by atoms with Crippen LogP contribution < -0.4 is 10.6 Å². The van der Waals surface area contributed by atoms with E-state index in [0.29, 0.717) is 13.1 Å². The van der Waals surface area contributed by atoms with Crippen molar-refractivity contribution in [2.24, 2.45) is 0 Å². The van der Waals surface area contributed by atoms with Gasteiger partial charge < -0.3 is 15.5 Å². The summed E-state index contributed by atoms with van der Waals surface area (Å²) in [4.78, 5) is 28.2. The average Bonchev–Trinajstić information content (AvgIpc) is 2.56. The number of likely N-dealkylation sites (N-methyl/N-ethyl adjacent to an activating group) is 1. The number of hydrogen-bond donors (Lipinski definition) is 2. The number of carbonyl (C=O) groups is 2. The second-order valence-corrected chi connectivity index (χ2v) is 7.39. The Morgan fingerprint density at radius 2 is 1.33 bits per heavy atom. The summed E-state index contributed by atoms with van der Waals surface area (Å²) in [6.07, 6.45) is 4.04. The monoisotopic (exact) mass is 378 g/mol. The molecule has 142 valence electrons. The number of carbonyl (C=O) groups excluding carboxylic acids is 2.